The highest BCUT2D eigenvalue weighted by Gasteiger charge is 2.53. The third-order valence-electron chi connectivity index (χ3n) is 24.8. The predicted octanol–water partition coefficient (Wildman–Crippen LogP) is 29.1. The first-order valence-corrected chi connectivity index (χ1v) is 42.2. The molecule has 2 spiro atoms. The lowest BCUT2D eigenvalue weighted by Gasteiger charge is -2.43. The number of hydrogen-bond donors (Lipinski definition) is 0. The molecule has 6 heteroatoms. The predicted molar refractivity (Wildman–Crippen MR) is 487 cm³/mol. The van der Waals surface area contributed by atoms with Gasteiger partial charge in [0.05, 0.1) is 33.6 Å². The Labute approximate surface area is 695 Å². The van der Waals surface area contributed by atoms with E-state index in [1.54, 1.807) is 0 Å². The monoisotopic (exact) mass is 1540 g/mol. The Morgan fingerprint density at radius 1 is 0.195 bits per heavy atom. The van der Waals surface area contributed by atoms with Crippen LogP contribution in [0.2, 0.25) is 0 Å². The Hall–Kier alpha value is -14.1. The number of benzene rings is 16. The van der Waals surface area contributed by atoms with Crippen LogP contribution in [0.4, 0.5) is 0 Å². The second-order valence-electron chi connectivity index (χ2n) is 31.2. The van der Waals surface area contributed by atoms with E-state index in [9.17, 15) is 0 Å². The van der Waals surface area contributed by atoms with Crippen molar-refractivity contribution >= 4 is 23.5 Å². The summed E-state index contributed by atoms with van der Waals surface area (Å²) in [5.74, 6) is 1.34. The molecule has 18 aromatic rings. The summed E-state index contributed by atoms with van der Waals surface area (Å²) in [7, 11) is 0. The van der Waals surface area contributed by atoms with Gasteiger partial charge in [0.25, 0.3) is 0 Å². The van der Waals surface area contributed by atoms with Gasteiger partial charge >= 0.3 is 0 Å². The van der Waals surface area contributed by atoms with Crippen LogP contribution in [-0.4, -0.2) is 19.9 Å². The molecule has 0 N–H and O–H groups in total. The summed E-state index contributed by atoms with van der Waals surface area (Å²) >= 11 is 3.80. The van der Waals surface area contributed by atoms with Crippen LogP contribution in [0.25, 0.3) is 157 Å². The molecular weight excluding hydrogens is 1470 g/mol. The van der Waals surface area contributed by atoms with E-state index < -0.39 is 10.8 Å². The minimum Gasteiger partial charge on any atom is -0.228 e. The van der Waals surface area contributed by atoms with Gasteiger partial charge in [0, 0.05) is 53.0 Å². The average molecular weight is 1540 g/mol. The highest BCUT2D eigenvalue weighted by Crippen LogP contribution is 2.67. The zero-order chi connectivity index (χ0) is 77.8. The number of allylic oxidation sites excluding steroid dienone is 3. The smallest absolute Gasteiger partial charge is 0.161 e. The van der Waals surface area contributed by atoms with Gasteiger partial charge in [-0.15, -0.1) is 0 Å². The van der Waals surface area contributed by atoms with Gasteiger partial charge in [-0.1, -0.05) is 406 Å². The largest absolute Gasteiger partial charge is 0.228 e. The maximum atomic E-state index is 5.65. The van der Waals surface area contributed by atoms with Crippen molar-refractivity contribution in [2.45, 2.75) is 38.4 Å². The molecule has 3 aliphatic carbocycles. The molecule has 4 heterocycles. The number of hydrogen-bond acceptors (Lipinski definition) is 6. The van der Waals surface area contributed by atoms with E-state index in [0.717, 1.165) is 119 Å². The summed E-state index contributed by atoms with van der Waals surface area (Å²) in [6.07, 6.45) is 7.05. The highest BCUT2D eigenvalue weighted by molar-refractivity contribution is 8.03. The van der Waals surface area contributed by atoms with E-state index in [2.05, 4.69) is 413 Å². The molecule has 0 saturated heterocycles. The molecule has 0 radical (unpaired) electrons. The van der Waals surface area contributed by atoms with Crippen molar-refractivity contribution in [3.05, 3.63) is 462 Å². The molecule has 552 valence electrons. The van der Waals surface area contributed by atoms with Crippen LogP contribution in [0, 0.1) is 0 Å². The first kappa shape index (κ1) is 69.4. The first-order chi connectivity index (χ1) is 58.5. The lowest BCUT2D eigenvalue weighted by Crippen LogP contribution is -2.34. The third kappa shape index (κ3) is 11.2. The topological polar surface area (TPSA) is 51.6 Å². The number of fused-ring (bicyclic) bond motifs is 18. The molecule has 2 aliphatic heterocycles. The SMILES string of the molecule is C1=C2Sc3c(-c4ccccc4-c4nc(-c5ccc(-c6ccccc6)cc5)cc(-c5ccc(-c6cccc(-c7ccc8c(c7)C7(c9ccccc9-c9ccccc97)c7cccc(-c9ccccc9-c9nc(-c%10ccccc%10)cc(-c%10ccc(-c%11ccccc%11)cc%10)n9)c7S8)c6)cc5)n4)cccc3C3(C2=CCC1)c1ccccc1-c1ccccc13. The van der Waals surface area contributed by atoms with Crippen LogP contribution >= 0.6 is 23.5 Å². The van der Waals surface area contributed by atoms with Crippen molar-refractivity contribution in [2.24, 2.45) is 0 Å². The fraction of sp³-hybridized carbons (Fsp3) is 0.0357. The summed E-state index contributed by atoms with van der Waals surface area (Å²) in [5, 5.41) is 0. The lowest BCUT2D eigenvalue weighted by atomic mass is 9.65. The van der Waals surface area contributed by atoms with E-state index in [4.69, 9.17) is 19.9 Å². The number of thioether (sulfide) groups is 1. The molecular formula is C112H72N4S2. The average Bonchev–Trinajstić information content (AvgIpc) is 1.47. The van der Waals surface area contributed by atoms with E-state index >= 15 is 0 Å². The summed E-state index contributed by atoms with van der Waals surface area (Å²) < 4.78 is 0. The standard InChI is InChI=1S/C112H72N4S2/c1-4-27-71(28-5-1)73-53-59-77(60-54-73)102-69-101(76-31-8-3-9-32-76)113-109(114-102)91-41-12-11-36-84(91)90-44-26-51-99-108(90)118-106-66-65-82(68-100(106)112(99)95-47-20-16-39-87(95)88-40-17-21-48-96(88)112)81-34-24-33-80(67-81)75-57-63-79(64-58-75)104-70-103(78-61-55-74(56-62-78)72-29-6-2-7-30-72)115-110(116-104)92-42-13-10-35-83(92)89-43-25-50-98-107(89)117-105-52-23-22-49-97(105)111(98)93-45-18-14-37-85(93)86-38-15-19-46-94(86)111/h1-21,24-70H,22-23H2. The summed E-state index contributed by atoms with van der Waals surface area (Å²) in [6, 6.07) is 147. The minimum absolute atomic E-state index is 0.468. The molecule has 0 unspecified atom stereocenters. The zero-order valence-corrected chi connectivity index (χ0v) is 65.9. The Kier molecular flexibility index (Phi) is 16.7. The number of rotatable bonds is 12. The van der Waals surface area contributed by atoms with E-state index in [1.807, 2.05) is 23.5 Å². The Bertz CT molecular complexity index is 7060. The van der Waals surface area contributed by atoms with Crippen molar-refractivity contribution in [1.82, 2.24) is 19.9 Å². The number of aromatic nitrogens is 4. The maximum absolute atomic E-state index is 5.65. The third-order valence-corrected chi connectivity index (χ3v) is 27.3. The Morgan fingerprint density at radius 2 is 0.492 bits per heavy atom. The van der Waals surface area contributed by atoms with Gasteiger partial charge in [-0.25, -0.2) is 19.9 Å². The molecule has 23 rings (SSSR count). The molecule has 16 aromatic carbocycles. The molecule has 0 amide bonds. The molecule has 0 bridgehead atoms. The van der Waals surface area contributed by atoms with Crippen molar-refractivity contribution in [3.63, 3.8) is 0 Å². The van der Waals surface area contributed by atoms with Crippen LogP contribution < -0.4 is 0 Å². The van der Waals surface area contributed by atoms with Crippen molar-refractivity contribution in [2.75, 3.05) is 0 Å². The fourth-order valence-corrected chi connectivity index (χ4v) is 22.1. The van der Waals surface area contributed by atoms with E-state index in [-0.39, 0.29) is 0 Å². The van der Waals surface area contributed by atoms with Gasteiger partial charge in [0.2, 0.25) is 0 Å². The van der Waals surface area contributed by atoms with E-state index in [0.29, 0.717) is 11.6 Å². The quantitative estimate of drug-likeness (QED) is 0.121. The van der Waals surface area contributed by atoms with Crippen LogP contribution in [-0.2, 0) is 10.8 Å². The zero-order valence-electron chi connectivity index (χ0n) is 64.3. The maximum Gasteiger partial charge on any atom is 0.161 e. The molecule has 0 atom stereocenters. The van der Waals surface area contributed by atoms with Crippen molar-refractivity contribution < 1.29 is 0 Å². The number of nitrogens with zero attached hydrogens (tertiary/aromatic N) is 4. The normalized spacial score (nSPS) is 13.9. The Balaban J connectivity index is 0.617. The van der Waals surface area contributed by atoms with Crippen LogP contribution in [0.1, 0.15) is 51.8 Å². The van der Waals surface area contributed by atoms with E-state index in [1.165, 1.54) is 103 Å². The minimum atomic E-state index is -0.663. The van der Waals surface area contributed by atoms with Gasteiger partial charge in [-0.2, -0.15) is 0 Å². The molecule has 118 heavy (non-hydrogen) atoms. The van der Waals surface area contributed by atoms with Gasteiger partial charge in [0.15, 0.2) is 11.6 Å². The van der Waals surface area contributed by atoms with Gasteiger partial charge < -0.3 is 0 Å². The fourth-order valence-electron chi connectivity index (χ4n) is 19.4. The lowest BCUT2D eigenvalue weighted by molar-refractivity contribution is 0.723. The summed E-state index contributed by atoms with van der Waals surface area (Å²) in [6.45, 7) is 0. The molecule has 5 aliphatic rings. The van der Waals surface area contributed by atoms with Gasteiger partial charge in [-0.05, 0) is 177 Å². The van der Waals surface area contributed by atoms with Crippen LogP contribution in [0.3, 0.4) is 0 Å². The van der Waals surface area contributed by atoms with Crippen molar-refractivity contribution in [1.29, 1.82) is 0 Å². The second-order valence-corrected chi connectivity index (χ2v) is 33.3. The van der Waals surface area contributed by atoms with Crippen molar-refractivity contribution in [3.8, 4) is 157 Å². The summed E-state index contributed by atoms with van der Waals surface area (Å²) in [5.41, 5.74) is 37.6. The molecule has 2 aromatic heterocycles. The molecule has 0 fully saturated rings. The first-order valence-electron chi connectivity index (χ1n) is 40.6. The molecule has 0 saturated carbocycles. The highest BCUT2D eigenvalue weighted by atomic mass is 32.2. The van der Waals surface area contributed by atoms with Crippen LogP contribution in [0.5, 0.6) is 0 Å². The van der Waals surface area contributed by atoms with Crippen LogP contribution in [0.15, 0.2) is 438 Å². The van der Waals surface area contributed by atoms with Gasteiger partial charge in [-0.3, -0.25) is 0 Å². The summed E-state index contributed by atoms with van der Waals surface area (Å²) in [4.78, 5) is 27.2. The van der Waals surface area contributed by atoms with Gasteiger partial charge in [0.1, 0.15) is 0 Å². The molecule has 4 nitrogen and oxygen atoms in total. The Morgan fingerprint density at radius 3 is 0.958 bits per heavy atom. The second kappa shape index (κ2) is 28.4.